The van der Waals surface area contributed by atoms with Gasteiger partial charge in [0.25, 0.3) is 0 Å². The fourth-order valence-electron chi connectivity index (χ4n) is 1.66. The van der Waals surface area contributed by atoms with Gasteiger partial charge in [0.2, 0.25) is 0 Å². The Labute approximate surface area is 130 Å². The molecule has 0 unspecified atom stereocenters. The predicted octanol–water partition coefficient (Wildman–Crippen LogP) is 3.76. The Bertz CT molecular complexity index is 757. The SMILES string of the molecule is O=C(CS(=O)(=O)c1cccc(Br)c1)c1cccc(Cl)c1. The number of hydrogen-bond donors (Lipinski definition) is 0. The average Bonchev–Trinajstić information content (AvgIpc) is 2.38. The van der Waals surface area contributed by atoms with Gasteiger partial charge in [-0.05, 0) is 30.3 Å². The van der Waals surface area contributed by atoms with Crippen LogP contribution >= 0.6 is 27.5 Å². The number of ketones is 1. The zero-order chi connectivity index (χ0) is 14.8. The third-order valence-electron chi connectivity index (χ3n) is 2.62. The van der Waals surface area contributed by atoms with Gasteiger partial charge in [-0.25, -0.2) is 8.42 Å². The minimum atomic E-state index is -3.67. The largest absolute Gasteiger partial charge is 0.293 e. The van der Waals surface area contributed by atoms with Crippen molar-refractivity contribution in [1.29, 1.82) is 0 Å². The van der Waals surface area contributed by atoms with E-state index < -0.39 is 21.4 Å². The Kier molecular flexibility index (Phi) is 4.62. The average molecular weight is 374 g/mol. The van der Waals surface area contributed by atoms with Gasteiger partial charge in [0.1, 0.15) is 5.75 Å². The number of sulfone groups is 1. The van der Waals surface area contributed by atoms with E-state index in [0.29, 0.717) is 9.50 Å². The quantitative estimate of drug-likeness (QED) is 0.767. The maximum atomic E-state index is 12.2. The van der Waals surface area contributed by atoms with Gasteiger partial charge in [0.15, 0.2) is 15.6 Å². The van der Waals surface area contributed by atoms with Gasteiger partial charge >= 0.3 is 0 Å². The van der Waals surface area contributed by atoms with Crippen LogP contribution in [-0.4, -0.2) is 20.0 Å². The number of rotatable bonds is 4. The molecule has 20 heavy (non-hydrogen) atoms. The first kappa shape index (κ1) is 15.2. The van der Waals surface area contributed by atoms with E-state index in [4.69, 9.17) is 11.6 Å². The molecule has 2 aromatic rings. The van der Waals surface area contributed by atoms with Crippen molar-refractivity contribution in [3.63, 3.8) is 0 Å². The summed E-state index contributed by atoms with van der Waals surface area (Å²) in [6.45, 7) is 0. The summed E-state index contributed by atoms with van der Waals surface area (Å²) in [6.07, 6.45) is 0. The van der Waals surface area contributed by atoms with Crippen molar-refractivity contribution in [2.75, 3.05) is 5.75 Å². The molecule has 0 saturated carbocycles. The molecule has 0 N–H and O–H groups in total. The molecule has 0 amide bonds. The van der Waals surface area contributed by atoms with Crippen LogP contribution in [0.4, 0.5) is 0 Å². The van der Waals surface area contributed by atoms with E-state index in [1.165, 1.54) is 18.2 Å². The lowest BCUT2D eigenvalue weighted by Crippen LogP contribution is -2.16. The summed E-state index contributed by atoms with van der Waals surface area (Å²) >= 11 is 9.00. The van der Waals surface area contributed by atoms with Crippen LogP contribution in [0.1, 0.15) is 10.4 Å². The summed E-state index contributed by atoms with van der Waals surface area (Å²) < 4.78 is 25.0. The normalized spacial score (nSPS) is 11.3. The van der Waals surface area contributed by atoms with Crippen LogP contribution < -0.4 is 0 Å². The second kappa shape index (κ2) is 6.08. The van der Waals surface area contributed by atoms with Crippen molar-refractivity contribution in [2.45, 2.75) is 4.90 Å². The van der Waals surface area contributed by atoms with Crippen LogP contribution in [0.5, 0.6) is 0 Å². The Balaban J connectivity index is 2.27. The Morgan fingerprint density at radius 3 is 2.45 bits per heavy atom. The summed E-state index contributed by atoms with van der Waals surface area (Å²) in [7, 11) is -3.67. The van der Waals surface area contributed by atoms with Crippen molar-refractivity contribution in [1.82, 2.24) is 0 Å². The smallest absolute Gasteiger partial charge is 0.185 e. The van der Waals surface area contributed by atoms with Crippen molar-refractivity contribution in [2.24, 2.45) is 0 Å². The first-order chi connectivity index (χ1) is 9.38. The van der Waals surface area contributed by atoms with Gasteiger partial charge in [0.05, 0.1) is 4.90 Å². The minimum Gasteiger partial charge on any atom is -0.293 e. The Morgan fingerprint density at radius 1 is 1.10 bits per heavy atom. The van der Waals surface area contributed by atoms with Gasteiger partial charge in [-0.15, -0.1) is 0 Å². The highest BCUT2D eigenvalue weighted by Gasteiger charge is 2.20. The zero-order valence-corrected chi connectivity index (χ0v) is 13.4. The maximum Gasteiger partial charge on any atom is 0.185 e. The van der Waals surface area contributed by atoms with Gasteiger partial charge in [-0.2, -0.15) is 0 Å². The van der Waals surface area contributed by atoms with Gasteiger partial charge in [-0.3, -0.25) is 4.79 Å². The molecule has 0 aliphatic rings. The number of benzene rings is 2. The fraction of sp³-hybridized carbons (Fsp3) is 0.0714. The van der Waals surface area contributed by atoms with E-state index in [1.807, 2.05) is 0 Å². The number of carbonyl (C=O) groups excluding carboxylic acids is 1. The summed E-state index contributed by atoms with van der Waals surface area (Å²) in [4.78, 5) is 12.1. The predicted molar refractivity (Wildman–Crippen MR) is 82.0 cm³/mol. The second-order valence-electron chi connectivity index (χ2n) is 4.15. The van der Waals surface area contributed by atoms with E-state index in [2.05, 4.69) is 15.9 Å². The summed E-state index contributed by atoms with van der Waals surface area (Å²) in [5.41, 5.74) is 0.288. The molecule has 0 heterocycles. The molecule has 0 spiro atoms. The van der Waals surface area contributed by atoms with Crippen LogP contribution in [0.25, 0.3) is 0 Å². The molecule has 0 aromatic heterocycles. The van der Waals surface area contributed by atoms with Gasteiger partial charge in [-0.1, -0.05) is 45.7 Å². The summed E-state index contributed by atoms with van der Waals surface area (Å²) in [6, 6.07) is 12.5. The van der Waals surface area contributed by atoms with Crippen molar-refractivity contribution in [3.05, 3.63) is 63.6 Å². The van der Waals surface area contributed by atoms with Crippen LogP contribution in [0.2, 0.25) is 5.02 Å². The molecule has 0 aliphatic heterocycles. The molecule has 3 nitrogen and oxygen atoms in total. The number of hydrogen-bond acceptors (Lipinski definition) is 3. The van der Waals surface area contributed by atoms with Crippen molar-refractivity contribution < 1.29 is 13.2 Å². The maximum absolute atomic E-state index is 12.2. The molecule has 0 atom stereocenters. The number of carbonyl (C=O) groups is 1. The summed E-state index contributed by atoms with van der Waals surface area (Å²) in [5.74, 6) is -1.06. The van der Waals surface area contributed by atoms with Gasteiger partial charge < -0.3 is 0 Å². The zero-order valence-electron chi connectivity index (χ0n) is 10.2. The second-order valence-corrected chi connectivity index (χ2v) is 7.49. The monoisotopic (exact) mass is 372 g/mol. The van der Waals surface area contributed by atoms with Gasteiger partial charge in [0, 0.05) is 15.1 Å². The first-order valence-electron chi connectivity index (χ1n) is 5.65. The first-order valence-corrected chi connectivity index (χ1v) is 8.48. The van der Waals surface area contributed by atoms with Crippen LogP contribution in [0, 0.1) is 0 Å². The lowest BCUT2D eigenvalue weighted by molar-refractivity contribution is 0.102. The fourth-order valence-corrected chi connectivity index (χ4v) is 3.67. The van der Waals surface area contributed by atoms with Crippen LogP contribution in [-0.2, 0) is 9.84 Å². The molecule has 104 valence electrons. The molecule has 0 fully saturated rings. The van der Waals surface area contributed by atoms with E-state index in [-0.39, 0.29) is 10.5 Å². The van der Waals surface area contributed by atoms with E-state index in [9.17, 15) is 13.2 Å². The minimum absolute atomic E-state index is 0.113. The van der Waals surface area contributed by atoms with E-state index >= 15 is 0 Å². The van der Waals surface area contributed by atoms with Crippen molar-refractivity contribution in [3.8, 4) is 0 Å². The lowest BCUT2D eigenvalue weighted by Gasteiger charge is -2.05. The molecule has 0 aliphatic carbocycles. The van der Waals surface area contributed by atoms with Crippen LogP contribution in [0.15, 0.2) is 57.9 Å². The molecule has 0 bridgehead atoms. The van der Waals surface area contributed by atoms with Crippen LogP contribution in [0.3, 0.4) is 0 Å². The molecule has 0 radical (unpaired) electrons. The molecule has 2 aromatic carbocycles. The Hall–Kier alpha value is -1.17. The van der Waals surface area contributed by atoms with E-state index in [1.54, 1.807) is 30.3 Å². The third kappa shape index (κ3) is 3.69. The van der Waals surface area contributed by atoms with E-state index in [0.717, 1.165) is 0 Å². The standard InChI is InChI=1S/C14H10BrClO3S/c15-11-4-2-6-13(8-11)20(18,19)9-14(17)10-3-1-5-12(16)7-10/h1-8H,9H2. The molecular weight excluding hydrogens is 364 g/mol. The third-order valence-corrected chi connectivity index (χ3v) is 4.97. The van der Waals surface area contributed by atoms with Crippen molar-refractivity contribution >= 4 is 43.2 Å². The highest BCUT2D eigenvalue weighted by Crippen LogP contribution is 2.19. The summed E-state index contributed by atoms with van der Waals surface area (Å²) in [5, 5.41) is 0.399. The molecule has 2 rings (SSSR count). The highest BCUT2D eigenvalue weighted by molar-refractivity contribution is 9.10. The Morgan fingerprint density at radius 2 is 1.80 bits per heavy atom. The topological polar surface area (TPSA) is 51.2 Å². The number of halogens is 2. The number of Topliss-reactive ketones (excluding diaryl/α,β-unsaturated/α-hetero) is 1. The highest BCUT2D eigenvalue weighted by atomic mass is 79.9. The molecule has 6 heteroatoms. The molecular formula is C14H10BrClO3S. The lowest BCUT2D eigenvalue weighted by atomic mass is 10.1. The molecule has 0 saturated heterocycles.